The van der Waals surface area contributed by atoms with Crippen LogP contribution < -0.4 is 20.9 Å². The van der Waals surface area contributed by atoms with Crippen molar-refractivity contribution in [2.75, 3.05) is 18.6 Å². The molecular formula is C23H25N3O4. The van der Waals surface area contributed by atoms with Gasteiger partial charge in [0.05, 0.1) is 23.7 Å². The number of aryl methyl sites for hydroxylation is 1. The number of ether oxygens (including phenoxy) is 1. The second-order valence-electron chi connectivity index (χ2n) is 7.50. The summed E-state index contributed by atoms with van der Waals surface area (Å²) < 4.78 is 8.11. The maximum atomic E-state index is 13.4. The number of benzene rings is 2. The third-order valence-electron chi connectivity index (χ3n) is 5.82. The first-order valence-electron chi connectivity index (χ1n) is 10.2. The lowest BCUT2D eigenvalue weighted by Gasteiger charge is -2.32. The summed E-state index contributed by atoms with van der Waals surface area (Å²) in [4.78, 5) is 40.8. The van der Waals surface area contributed by atoms with E-state index in [-0.39, 0.29) is 24.6 Å². The number of methoxy groups -OCH3 is 1. The van der Waals surface area contributed by atoms with Gasteiger partial charge in [-0.1, -0.05) is 18.2 Å². The highest BCUT2D eigenvalue weighted by Crippen LogP contribution is 2.38. The Kier molecular flexibility index (Phi) is 5.20. The van der Waals surface area contributed by atoms with Crippen LogP contribution in [0.2, 0.25) is 0 Å². The van der Waals surface area contributed by atoms with Gasteiger partial charge in [-0.2, -0.15) is 0 Å². The SMILES string of the molecule is CCn1c(=O)c2ccccc2n(CC(=O)N2CCCc3c(C)ccc(OC)c32)c1=O. The number of anilines is 1. The van der Waals surface area contributed by atoms with Gasteiger partial charge < -0.3 is 9.64 Å². The van der Waals surface area contributed by atoms with Gasteiger partial charge in [0.15, 0.2) is 0 Å². The van der Waals surface area contributed by atoms with Crippen LogP contribution in [0.3, 0.4) is 0 Å². The molecule has 0 radical (unpaired) electrons. The third-order valence-corrected chi connectivity index (χ3v) is 5.82. The molecule has 156 valence electrons. The average molecular weight is 407 g/mol. The van der Waals surface area contributed by atoms with Crippen molar-refractivity contribution in [1.82, 2.24) is 9.13 Å². The van der Waals surface area contributed by atoms with Crippen LogP contribution in [0.25, 0.3) is 10.9 Å². The van der Waals surface area contributed by atoms with Crippen LogP contribution in [0.4, 0.5) is 5.69 Å². The van der Waals surface area contributed by atoms with Crippen LogP contribution >= 0.6 is 0 Å². The summed E-state index contributed by atoms with van der Waals surface area (Å²) in [6, 6.07) is 10.8. The molecule has 4 rings (SSSR count). The second kappa shape index (κ2) is 7.82. The minimum absolute atomic E-state index is 0.143. The normalized spacial score (nSPS) is 13.4. The molecule has 0 spiro atoms. The summed E-state index contributed by atoms with van der Waals surface area (Å²) in [5.41, 5.74) is 2.68. The van der Waals surface area contributed by atoms with Crippen molar-refractivity contribution in [3.05, 3.63) is 68.4 Å². The van der Waals surface area contributed by atoms with E-state index in [4.69, 9.17) is 4.74 Å². The first kappa shape index (κ1) is 19.9. The number of fused-ring (bicyclic) bond motifs is 2. The van der Waals surface area contributed by atoms with E-state index in [9.17, 15) is 14.4 Å². The first-order valence-corrected chi connectivity index (χ1v) is 10.2. The molecule has 2 heterocycles. The molecule has 0 saturated heterocycles. The predicted molar refractivity (Wildman–Crippen MR) is 117 cm³/mol. The van der Waals surface area contributed by atoms with Crippen LogP contribution in [0.5, 0.6) is 5.75 Å². The largest absolute Gasteiger partial charge is 0.495 e. The Morgan fingerprint density at radius 1 is 1.10 bits per heavy atom. The molecule has 0 N–H and O–H groups in total. The average Bonchev–Trinajstić information content (AvgIpc) is 2.77. The summed E-state index contributed by atoms with van der Waals surface area (Å²) in [7, 11) is 1.59. The van der Waals surface area contributed by atoms with Crippen molar-refractivity contribution in [2.45, 2.75) is 39.8 Å². The summed E-state index contributed by atoms with van der Waals surface area (Å²) >= 11 is 0. The molecular weight excluding hydrogens is 382 g/mol. The Hall–Kier alpha value is -3.35. The zero-order chi connectivity index (χ0) is 21.4. The molecule has 2 aromatic carbocycles. The smallest absolute Gasteiger partial charge is 0.331 e. The van der Waals surface area contributed by atoms with E-state index in [2.05, 4.69) is 0 Å². The molecule has 0 unspecified atom stereocenters. The van der Waals surface area contributed by atoms with E-state index in [0.717, 1.165) is 29.7 Å². The lowest BCUT2D eigenvalue weighted by atomic mass is 9.96. The lowest BCUT2D eigenvalue weighted by Crippen LogP contribution is -2.44. The molecule has 1 aliphatic rings. The zero-order valence-corrected chi connectivity index (χ0v) is 17.5. The molecule has 1 amide bonds. The monoisotopic (exact) mass is 407 g/mol. The fraction of sp³-hybridized carbons (Fsp3) is 0.348. The molecule has 1 aliphatic heterocycles. The fourth-order valence-corrected chi connectivity index (χ4v) is 4.29. The number of carbonyl (C=O) groups excluding carboxylic acids is 1. The van der Waals surface area contributed by atoms with Gasteiger partial charge in [0.25, 0.3) is 5.56 Å². The molecule has 7 nitrogen and oxygen atoms in total. The van der Waals surface area contributed by atoms with Gasteiger partial charge >= 0.3 is 5.69 Å². The van der Waals surface area contributed by atoms with Gasteiger partial charge in [-0.3, -0.25) is 18.7 Å². The van der Waals surface area contributed by atoms with E-state index in [1.807, 2.05) is 19.1 Å². The quantitative estimate of drug-likeness (QED) is 0.666. The van der Waals surface area contributed by atoms with Crippen molar-refractivity contribution >= 4 is 22.5 Å². The van der Waals surface area contributed by atoms with E-state index < -0.39 is 5.69 Å². The maximum Gasteiger partial charge on any atom is 0.331 e. The first-order chi connectivity index (χ1) is 14.5. The number of rotatable bonds is 4. The van der Waals surface area contributed by atoms with Crippen LogP contribution in [0, 0.1) is 6.92 Å². The van der Waals surface area contributed by atoms with Crippen molar-refractivity contribution in [2.24, 2.45) is 0 Å². The number of para-hydroxylation sites is 1. The van der Waals surface area contributed by atoms with Crippen LogP contribution in [-0.2, 0) is 24.3 Å². The standard InChI is InChI=1S/C23H25N3O4/c1-4-24-22(28)17-8-5-6-10-18(17)26(23(24)29)14-20(27)25-13-7-9-16-15(2)11-12-19(30-3)21(16)25/h5-6,8,10-12H,4,7,9,13-14H2,1-3H3. The molecule has 0 fully saturated rings. The highest BCUT2D eigenvalue weighted by molar-refractivity contribution is 5.97. The number of carbonyl (C=O) groups is 1. The molecule has 7 heteroatoms. The van der Waals surface area contributed by atoms with Gasteiger partial charge in [0, 0.05) is 13.1 Å². The molecule has 3 aromatic rings. The van der Waals surface area contributed by atoms with Gasteiger partial charge in [-0.05, 0) is 56.0 Å². The lowest BCUT2D eigenvalue weighted by molar-refractivity contribution is -0.119. The molecule has 1 aromatic heterocycles. The highest BCUT2D eigenvalue weighted by atomic mass is 16.5. The number of nitrogens with zero attached hydrogens (tertiary/aromatic N) is 3. The fourth-order valence-electron chi connectivity index (χ4n) is 4.29. The minimum Gasteiger partial charge on any atom is -0.495 e. The molecule has 30 heavy (non-hydrogen) atoms. The van der Waals surface area contributed by atoms with Crippen molar-refractivity contribution in [1.29, 1.82) is 0 Å². The highest BCUT2D eigenvalue weighted by Gasteiger charge is 2.28. The van der Waals surface area contributed by atoms with Gasteiger partial charge in [-0.15, -0.1) is 0 Å². The minimum atomic E-state index is -0.469. The Morgan fingerprint density at radius 3 is 2.60 bits per heavy atom. The third kappa shape index (κ3) is 3.10. The Bertz CT molecular complexity index is 1260. The Morgan fingerprint density at radius 2 is 1.87 bits per heavy atom. The summed E-state index contributed by atoms with van der Waals surface area (Å²) in [6.45, 7) is 4.44. The maximum absolute atomic E-state index is 13.4. The van der Waals surface area contributed by atoms with Crippen molar-refractivity contribution in [3.63, 3.8) is 0 Å². The van der Waals surface area contributed by atoms with Crippen molar-refractivity contribution < 1.29 is 9.53 Å². The van der Waals surface area contributed by atoms with Crippen LogP contribution in [0.15, 0.2) is 46.0 Å². The van der Waals surface area contributed by atoms with E-state index in [0.29, 0.717) is 23.2 Å². The summed E-state index contributed by atoms with van der Waals surface area (Å²) in [5.74, 6) is 0.452. The number of amides is 1. The van der Waals surface area contributed by atoms with E-state index >= 15 is 0 Å². The molecule has 0 saturated carbocycles. The molecule has 0 aliphatic carbocycles. The second-order valence-corrected chi connectivity index (χ2v) is 7.50. The van der Waals surface area contributed by atoms with E-state index in [1.165, 1.54) is 9.13 Å². The number of aromatic nitrogens is 2. The summed E-state index contributed by atoms with van der Waals surface area (Å²) in [6.07, 6.45) is 1.72. The number of hydrogen-bond acceptors (Lipinski definition) is 4. The van der Waals surface area contributed by atoms with E-state index in [1.54, 1.807) is 43.2 Å². The van der Waals surface area contributed by atoms with Crippen LogP contribution in [-0.4, -0.2) is 28.7 Å². The topological polar surface area (TPSA) is 73.5 Å². The molecule has 0 bridgehead atoms. The Labute approximate surface area is 174 Å². The van der Waals surface area contributed by atoms with Gasteiger partial charge in [0.2, 0.25) is 5.91 Å². The predicted octanol–water partition coefficient (Wildman–Crippen LogP) is 2.48. The van der Waals surface area contributed by atoms with Crippen LogP contribution in [0.1, 0.15) is 24.5 Å². The van der Waals surface area contributed by atoms with Crippen molar-refractivity contribution in [3.8, 4) is 5.75 Å². The van der Waals surface area contributed by atoms with Gasteiger partial charge in [-0.25, -0.2) is 4.79 Å². The Balaban J connectivity index is 1.83. The van der Waals surface area contributed by atoms with Gasteiger partial charge in [0.1, 0.15) is 12.3 Å². The zero-order valence-electron chi connectivity index (χ0n) is 17.5. The molecule has 0 atom stereocenters. The number of hydrogen-bond donors (Lipinski definition) is 0. The summed E-state index contributed by atoms with van der Waals surface area (Å²) in [5, 5.41) is 0.430.